The second kappa shape index (κ2) is 50.6. The van der Waals surface area contributed by atoms with E-state index in [9.17, 15) is 0 Å². The standard InChI is InChI=1S/2C2H4O2.2Mg.4H2O.2H/c2*1-2(3)4;;;;;;;;/h2*1H3,(H,3,4);;;4*1H2;;/q;;;+2;;;;;;/p-2. The third-order valence-corrected chi connectivity index (χ3v) is 0. The summed E-state index contributed by atoms with van der Waals surface area (Å²) in [6.07, 6.45) is 0. The molecule has 0 aromatic heterocycles. The minimum absolute atomic E-state index is 0. The van der Waals surface area contributed by atoms with Gasteiger partial charge in [0.15, 0.2) is 0 Å². The maximum atomic E-state index is 8.89. The van der Waals surface area contributed by atoms with Crippen molar-refractivity contribution in [3.05, 3.63) is 0 Å². The Morgan fingerprint density at radius 3 is 0.786 bits per heavy atom. The molecule has 0 aliphatic carbocycles. The van der Waals surface area contributed by atoms with Gasteiger partial charge in [0.05, 0.1) is 0 Å². The first-order valence-electron chi connectivity index (χ1n) is 1.82. The fourth-order valence-electron chi connectivity index (χ4n) is 0. The zero-order valence-electron chi connectivity index (χ0n) is 7.34. The average Bonchev–Trinajstić information content (AvgIpc) is 1.25. The molecule has 0 aromatic carbocycles. The molecule has 14 heavy (non-hydrogen) atoms. The SMILES string of the molecule is CC(=O)[O-].CC(=O)[O-].O.O.O.O.[Mg+2].[MgH2]. The van der Waals surface area contributed by atoms with Gasteiger partial charge in [0.2, 0.25) is 0 Å². The topological polar surface area (TPSA) is 206 Å². The first-order valence-corrected chi connectivity index (χ1v) is 1.82. The molecule has 0 radical (unpaired) electrons. The van der Waals surface area contributed by atoms with Crippen molar-refractivity contribution in [1.82, 2.24) is 0 Å². The Labute approximate surface area is 113 Å². The van der Waals surface area contributed by atoms with Crippen molar-refractivity contribution in [3.8, 4) is 0 Å². The molecule has 84 valence electrons. The summed E-state index contributed by atoms with van der Waals surface area (Å²) in [6, 6.07) is 0. The normalized spacial score (nSPS) is 3.57. The van der Waals surface area contributed by atoms with Crippen LogP contribution in [0.15, 0.2) is 0 Å². The Balaban J connectivity index is -0.00000000600. The molecule has 0 bridgehead atoms. The molecule has 10 heteroatoms. The molecule has 8 N–H and O–H groups in total. The van der Waals surface area contributed by atoms with Gasteiger partial charge in [-0.2, -0.15) is 0 Å². The minimum atomic E-state index is -1.08. The molecule has 0 atom stereocenters. The van der Waals surface area contributed by atoms with Gasteiger partial charge in [0.25, 0.3) is 0 Å². The third kappa shape index (κ3) is 16100. The maximum Gasteiger partial charge on any atom is 2.00 e. The van der Waals surface area contributed by atoms with Gasteiger partial charge in [-0.1, -0.05) is 0 Å². The van der Waals surface area contributed by atoms with Gasteiger partial charge in [-0.15, -0.1) is 0 Å². The predicted octanol–water partition coefficient (Wildman–Crippen LogP) is -7.08. The molecule has 0 unspecified atom stereocenters. The van der Waals surface area contributed by atoms with E-state index in [1.54, 1.807) is 0 Å². The first-order chi connectivity index (χ1) is 3.46. The van der Waals surface area contributed by atoms with Crippen molar-refractivity contribution in [2.75, 3.05) is 0 Å². The molecule has 0 spiro atoms. The molecule has 0 fully saturated rings. The summed E-state index contributed by atoms with van der Waals surface area (Å²) in [4.78, 5) is 17.8. The van der Waals surface area contributed by atoms with Crippen molar-refractivity contribution in [3.63, 3.8) is 0 Å². The summed E-state index contributed by atoms with van der Waals surface area (Å²) < 4.78 is 0. The van der Waals surface area contributed by atoms with Crippen LogP contribution in [0.4, 0.5) is 0 Å². The molecular weight excluding hydrogens is 225 g/mol. The van der Waals surface area contributed by atoms with Crippen molar-refractivity contribution in [2.24, 2.45) is 0 Å². The third-order valence-electron chi connectivity index (χ3n) is 0. The van der Waals surface area contributed by atoms with E-state index in [2.05, 4.69) is 0 Å². The van der Waals surface area contributed by atoms with Crippen LogP contribution >= 0.6 is 0 Å². The number of hydrogen-bond donors (Lipinski definition) is 0. The summed E-state index contributed by atoms with van der Waals surface area (Å²) in [7, 11) is 0. The van der Waals surface area contributed by atoms with Crippen LogP contribution in [0.2, 0.25) is 0 Å². The largest absolute Gasteiger partial charge is 2.00 e. The van der Waals surface area contributed by atoms with Gasteiger partial charge in [-0.3, -0.25) is 0 Å². The Morgan fingerprint density at radius 2 is 0.786 bits per heavy atom. The smallest absolute Gasteiger partial charge is 0.550 e. The zero-order valence-corrected chi connectivity index (χ0v) is 8.75. The number of carboxylic acids is 2. The van der Waals surface area contributed by atoms with E-state index in [1.165, 1.54) is 0 Å². The number of carbonyl (C=O) groups is 2. The number of carbonyl (C=O) groups excluding carboxylic acids is 2. The van der Waals surface area contributed by atoms with Crippen molar-refractivity contribution in [1.29, 1.82) is 0 Å². The van der Waals surface area contributed by atoms with Crippen LogP contribution in [0.25, 0.3) is 0 Å². The van der Waals surface area contributed by atoms with E-state index in [0.29, 0.717) is 0 Å². The number of carboxylic acid groups (broad SMARTS) is 2. The minimum Gasteiger partial charge on any atom is -0.550 e. The zero-order chi connectivity index (χ0) is 7.15. The number of rotatable bonds is 0. The second-order valence-electron chi connectivity index (χ2n) is 0.983. The molecule has 8 nitrogen and oxygen atoms in total. The van der Waals surface area contributed by atoms with E-state index in [1.807, 2.05) is 0 Å². The summed E-state index contributed by atoms with van der Waals surface area (Å²) in [6.45, 7) is 1.94. The van der Waals surface area contributed by atoms with Gasteiger partial charge in [0.1, 0.15) is 0 Å². The molecule has 0 rings (SSSR count). The van der Waals surface area contributed by atoms with Crippen LogP contribution in [-0.2, 0) is 9.59 Å². The monoisotopic (exact) mass is 240 g/mol. The summed E-state index contributed by atoms with van der Waals surface area (Å²) in [5, 5.41) is 17.8. The van der Waals surface area contributed by atoms with Gasteiger partial charge in [-0.05, 0) is 13.8 Å². The molecule has 0 saturated carbocycles. The summed E-state index contributed by atoms with van der Waals surface area (Å²) in [5.74, 6) is -2.17. The number of aliphatic carboxylic acids is 2. The average molecular weight is 241 g/mol. The maximum absolute atomic E-state index is 8.89. The van der Waals surface area contributed by atoms with Crippen molar-refractivity contribution >= 4 is 58.0 Å². The first kappa shape index (κ1) is 63.7. The van der Waals surface area contributed by atoms with Crippen LogP contribution in [0.3, 0.4) is 0 Å². The second-order valence-corrected chi connectivity index (χ2v) is 0.983. The fraction of sp³-hybridized carbons (Fsp3) is 0.500. The Morgan fingerprint density at radius 1 is 0.786 bits per heavy atom. The quantitative estimate of drug-likeness (QED) is 0.378. The molecule has 0 aliphatic rings. The Hall–Kier alpha value is 0.312. The molecule has 0 aromatic rings. The summed E-state index contributed by atoms with van der Waals surface area (Å²) >= 11 is 0. The van der Waals surface area contributed by atoms with E-state index in [0.717, 1.165) is 13.8 Å². The van der Waals surface area contributed by atoms with Crippen LogP contribution in [0.1, 0.15) is 13.8 Å². The number of hydrogen-bond acceptors (Lipinski definition) is 4. The van der Waals surface area contributed by atoms with Gasteiger partial charge >= 0.3 is 46.1 Å². The van der Waals surface area contributed by atoms with Gasteiger partial charge in [-0.25, -0.2) is 0 Å². The van der Waals surface area contributed by atoms with E-state index in [-0.39, 0.29) is 68.0 Å². The Bertz CT molecular complexity index is 77.3. The molecule has 0 heterocycles. The van der Waals surface area contributed by atoms with Crippen molar-refractivity contribution < 1.29 is 41.7 Å². The Kier molecular flexibility index (Phi) is 230. The van der Waals surface area contributed by atoms with Crippen LogP contribution in [0.5, 0.6) is 0 Å². The molecular formula is C4H16Mg2O8. The predicted molar refractivity (Wildman–Crippen MR) is 50.1 cm³/mol. The van der Waals surface area contributed by atoms with Gasteiger partial charge in [0, 0.05) is 11.9 Å². The van der Waals surface area contributed by atoms with Crippen molar-refractivity contribution in [2.45, 2.75) is 13.8 Å². The van der Waals surface area contributed by atoms with Crippen LogP contribution < -0.4 is 10.2 Å². The van der Waals surface area contributed by atoms with Gasteiger partial charge < -0.3 is 41.7 Å². The molecule has 0 amide bonds. The molecule has 0 aliphatic heterocycles. The summed E-state index contributed by atoms with van der Waals surface area (Å²) in [5.41, 5.74) is 0. The van der Waals surface area contributed by atoms with E-state index < -0.39 is 11.9 Å². The fourth-order valence-corrected chi connectivity index (χ4v) is 0. The molecule has 0 saturated heterocycles. The van der Waals surface area contributed by atoms with E-state index in [4.69, 9.17) is 19.8 Å². The van der Waals surface area contributed by atoms with E-state index >= 15 is 0 Å². The van der Waals surface area contributed by atoms with Crippen LogP contribution in [-0.4, -0.2) is 79.9 Å². The van der Waals surface area contributed by atoms with Crippen LogP contribution in [0, 0.1) is 0 Å².